The number of hydrogen-bond donors (Lipinski definition) is 1. The van der Waals surface area contributed by atoms with E-state index in [1.807, 2.05) is 0 Å². The maximum absolute atomic E-state index is 13.1. The first-order valence-corrected chi connectivity index (χ1v) is 4.76. The second-order valence-corrected chi connectivity index (χ2v) is 4.02. The number of carboxylic acid groups (broad SMARTS) is 1. The Labute approximate surface area is 97.3 Å². The van der Waals surface area contributed by atoms with Crippen molar-refractivity contribution in [3.8, 4) is 0 Å². The smallest absolute Gasteiger partial charge is 0.417 e. The van der Waals surface area contributed by atoms with Gasteiger partial charge in [-0.05, 0) is 12.1 Å². The van der Waals surface area contributed by atoms with Gasteiger partial charge in [-0.3, -0.25) is 9.78 Å². The molecule has 0 radical (unpaired) electrons. The zero-order valence-electron chi connectivity index (χ0n) is 8.63. The molecule has 1 aliphatic carbocycles. The molecular weight excluding hydrogens is 261 g/mol. The highest BCUT2D eigenvalue weighted by molar-refractivity contribution is 5.87. The van der Waals surface area contributed by atoms with Crippen LogP contribution in [0, 0.1) is 0 Å². The Morgan fingerprint density at radius 1 is 1.33 bits per heavy atom. The van der Waals surface area contributed by atoms with Gasteiger partial charge in [0.15, 0.2) is 5.41 Å². The number of aliphatic carboxylic acids is 1. The van der Waals surface area contributed by atoms with Crippen LogP contribution >= 0.6 is 0 Å². The van der Waals surface area contributed by atoms with Crippen molar-refractivity contribution in [1.82, 2.24) is 4.98 Å². The minimum atomic E-state index is -4.64. The van der Waals surface area contributed by atoms with Crippen molar-refractivity contribution in [3.05, 3.63) is 29.6 Å². The molecule has 0 spiro atoms. The maximum Gasteiger partial charge on any atom is 0.417 e. The van der Waals surface area contributed by atoms with Gasteiger partial charge in [-0.1, -0.05) is 0 Å². The first-order chi connectivity index (χ1) is 8.11. The van der Waals surface area contributed by atoms with Crippen LogP contribution in [0.3, 0.4) is 0 Å². The predicted octanol–water partition coefficient (Wildman–Crippen LogP) is 2.46. The summed E-state index contributed by atoms with van der Waals surface area (Å²) in [5, 5.41) is 8.78. The van der Waals surface area contributed by atoms with Crippen LogP contribution in [0.2, 0.25) is 0 Å². The number of carbonyl (C=O) groups is 1. The molecule has 1 aromatic heterocycles. The highest BCUT2D eigenvalue weighted by atomic mass is 19.4. The number of pyridine rings is 1. The molecule has 0 bridgehead atoms. The van der Waals surface area contributed by atoms with Crippen LogP contribution in [0.25, 0.3) is 0 Å². The monoisotopic (exact) mass is 267 g/mol. The van der Waals surface area contributed by atoms with Crippen LogP contribution in [0.1, 0.15) is 17.7 Å². The van der Waals surface area contributed by atoms with Gasteiger partial charge in [-0.25, -0.2) is 8.78 Å². The predicted molar refractivity (Wildman–Crippen MR) is 48.1 cm³/mol. The highest BCUT2D eigenvalue weighted by Crippen LogP contribution is 2.61. The molecule has 0 amide bonds. The van der Waals surface area contributed by atoms with Crippen molar-refractivity contribution in [2.24, 2.45) is 0 Å². The fraction of sp³-hybridized carbons (Fsp3) is 0.400. The fourth-order valence-electron chi connectivity index (χ4n) is 1.72. The summed E-state index contributed by atoms with van der Waals surface area (Å²) in [5.74, 6) is -5.27. The zero-order valence-corrected chi connectivity index (χ0v) is 8.63. The molecule has 8 heteroatoms. The average Bonchev–Trinajstić information content (AvgIpc) is 2.82. The molecule has 1 aromatic rings. The first-order valence-electron chi connectivity index (χ1n) is 4.76. The van der Waals surface area contributed by atoms with Crippen LogP contribution in [0.15, 0.2) is 18.3 Å². The first kappa shape index (κ1) is 12.7. The number of hydrogen-bond acceptors (Lipinski definition) is 2. The third-order valence-corrected chi connectivity index (χ3v) is 2.88. The third kappa shape index (κ3) is 1.63. The molecule has 2 rings (SSSR count). The minimum absolute atomic E-state index is 0.356. The summed E-state index contributed by atoms with van der Waals surface area (Å²) in [6.07, 6.45) is -5.24. The molecule has 1 heterocycles. The van der Waals surface area contributed by atoms with E-state index in [1.54, 1.807) is 0 Å². The second kappa shape index (κ2) is 3.39. The van der Waals surface area contributed by atoms with Crippen LogP contribution in [0.4, 0.5) is 22.0 Å². The van der Waals surface area contributed by atoms with Crippen molar-refractivity contribution in [2.45, 2.75) is 23.9 Å². The molecule has 1 N–H and O–H groups in total. The Kier molecular flexibility index (Phi) is 2.40. The molecule has 1 aliphatic rings. The fourth-order valence-corrected chi connectivity index (χ4v) is 1.72. The topological polar surface area (TPSA) is 50.2 Å². The molecule has 0 aliphatic heterocycles. The lowest BCUT2D eigenvalue weighted by Gasteiger charge is -2.12. The summed E-state index contributed by atoms with van der Waals surface area (Å²) in [4.78, 5) is 14.1. The number of nitrogens with zero attached hydrogens (tertiary/aromatic N) is 1. The molecule has 1 fully saturated rings. The number of aromatic nitrogens is 1. The Bertz CT molecular complexity index is 496. The lowest BCUT2D eigenvalue weighted by molar-refractivity contribution is -0.143. The zero-order chi connectivity index (χ0) is 13.8. The normalized spacial score (nSPS) is 25.8. The molecule has 0 saturated heterocycles. The van der Waals surface area contributed by atoms with Gasteiger partial charge in [0.25, 0.3) is 5.92 Å². The van der Waals surface area contributed by atoms with E-state index in [1.165, 1.54) is 0 Å². The van der Waals surface area contributed by atoms with Gasteiger partial charge in [-0.2, -0.15) is 13.2 Å². The summed E-state index contributed by atoms with van der Waals surface area (Å²) in [5.41, 5.74) is -4.17. The summed E-state index contributed by atoms with van der Waals surface area (Å²) >= 11 is 0. The van der Waals surface area contributed by atoms with E-state index in [0.717, 1.165) is 0 Å². The highest BCUT2D eigenvalue weighted by Gasteiger charge is 2.78. The molecule has 3 nitrogen and oxygen atoms in total. The average molecular weight is 267 g/mol. The molecule has 1 saturated carbocycles. The van der Waals surface area contributed by atoms with E-state index >= 15 is 0 Å². The number of halogens is 5. The van der Waals surface area contributed by atoms with Crippen LogP contribution in [0.5, 0.6) is 0 Å². The summed E-state index contributed by atoms with van der Waals surface area (Å²) < 4.78 is 62.9. The van der Waals surface area contributed by atoms with Crippen molar-refractivity contribution >= 4 is 5.97 Å². The van der Waals surface area contributed by atoms with E-state index in [9.17, 15) is 26.7 Å². The van der Waals surface area contributed by atoms with E-state index in [-0.39, 0.29) is 0 Å². The molecule has 0 aromatic carbocycles. The number of alkyl halides is 5. The Balaban J connectivity index is 2.39. The van der Waals surface area contributed by atoms with E-state index in [0.29, 0.717) is 18.3 Å². The van der Waals surface area contributed by atoms with Crippen molar-refractivity contribution < 1.29 is 31.9 Å². The van der Waals surface area contributed by atoms with Gasteiger partial charge in [0.1, 0.15) is 0 Å². The molecular formula is C10H6F5NO2. The van der Waals surface area contributed by atoms with Gasteiger partial charge < -0.3 is 5.11 Å². The minimum Gasteiger partial charge on any atom is -0.480 e. The second-order valence-electron chi connectivity index (χ2n) is 4.02. The molecule has 1 unspecified atom stereocenters. The van der Waals surface area contributed by atoms with Gasteiger partial charge in [-0.15, -0.1) is 0 Å². The van der Waals surface area contributed by atoms with Crippen LogP contribution in [-0.4, -0.2) is 22.0 Å². The van der Waals surface area contributed by atoms with Crippen LogP contribution < -0.4 is 0 Å². The Hall–Kier alpha value is -1.73. The van der Waals surface area contributed by atoms with Gasteiger partial charge in [0, 0.05) is 12.6 Å². The van der Waals surface area contributed by atoms with Crippen molar-refractivity contribution in [3.63, 3.8) is 0 Å². The number of rotatable bonds is 2. The largest absolute Gasteiger partial charge is 0.480 e. The lowest BCUT2D eigenvalue weighted by Crippen LogP contribution is -2.28. The number of carboxylic acids is 1. The van der Waals surface area contributed by atoms with E-state index < -0.39 is 41.2 Å². The van der Waals surface area contributed by atoms with Crippen LogP contribution in [-0.2, 0) is 16.4 Å². The van der Waals surface area contributed by atoms with Gasteiger partial charge >= 0.3 is 12.1 Å². The van der Waals surface area contributed by atoms with Gasteiger partial charge in [0.2, 0.25) is 0 Å². The van der Waals surface area contributed by atoms with E-state index in [4.69, 9.17) is 5.11 Å². The summed E-state index contributed by atoms with van der Waals surface area (Å²) in [7, 11) is 0. The van der Waals surface area contributed by atoms with Gasteiger partial charge in [0.05, 0.1) is 11.3 Å². The van der Waals surface area contributed by atoms with E-state index in [2.05, 4.69) is 4.98 Å². The summed E-state index contributed by atoms with van der Waals surface area (Å²) in [6, 6.07) is 1.22. The quantitative estimate of drug-likeness (QED) is 0.837. The van der Waals surface area contributed by atoms with Crippen molar-refractivity contribution in [1.29, 1.82) is 0 Å². The Morgan fingerprint density at radius 2 is 1.89 bits per heavy atom. The SMILES string of the molecule is O=C(O)C1(c2ccc(C(F)(F)F)cn2)CC1(F)F. The summed E-state index contributed by atoms with van der Waals surface area (Å²) in [6.45, 7) is 0. The molecule has 98 valence electrons. The lowest BCUT2D eigenvalue weighted by atomic mass is 10.0. The maximum atomic E-state index is 13.1. The third-order valence-electron chi connectivity index (χ3n) is 2.88. The molecule has 18 heavy (non-hydrogen) atoms. The standard InChI is InChI=1S/C10H6F5NO2/c11-9(12)4-8(9,7(17)18)6-2-1-5(3-16-6)10(13,14)15/h1-3H,4H2,(H,17,18). The molecule has 1 atom stereocenters. The Morgan fingerprint density at radius 3 is 2.17 bits per heavy atom. The van der Waals surface area contributed by atoms with Crippen molar-refractivity contribution in [2.75, 3.05) is 0 Å².